The number of likely N-dealkylation sites (tertiary alicyclic amines) is 1. The quantitative estimate of drug-likeness (QED) is 0.336. The molecule has 0 aliphatic carbocycles. The predicted molar refractivity (Wildman–Crippen MR) is 112 cm³/mol. The number of benzene rings is 2. The van der Waals surface area contributed by atoms with E-state index < -0.39 is 4.92 Å². The molecule has 31 heavy (non-hydrogen) atoms. The number of rotatable bonds is 6. The van der Waals surface area contributed by atoms with Crippen molar-refractivity contribution in [3.05, 3.63) is 76.2 Å². The van der Waals surface area contributed by atoms with Crippen molar-refractivity contribution in [2.45, 2.75) is 18.9 Å². The molecule has 0 radical (unpaired) electrons. The molecule has 1 aromatic heterocycles. The number of non-ortho nitro benzene ring substituents is 1. The number of nitro benzene ring substituents is 1. The van der Waals surface area contributed by atoms with Gasteiger partial charge in [0.2, 0.25) is 17.6 Å². The van der Waals surface area contributed by atoms with Crippen LogP contribution in [0.3, 0.4) is 0 Å². The molecule has 1 saturated heterocycles. The normalized spacial score (nSPS) is 16.0. The molecule has 2 aromatic carbocycles. The smallest absolute Gasteiger partial charge is 0.269 e. The summed E-state index contributed by atoms with van der Waals surface area (Å²) < 4.78 is 10.6. The van der Waals surface area contributed by atoms with Crippen LogP contribution in [0, 0.1) is 10.1 Å². The van der Waals surface area contributed by atoms with E-state index in [2.05, 4.69) is 10.1 Å². The molecule has 0 bridgehead atoms. The molecule has 1 atom stereocenters. The van der Waals surface area contributed by atoms with Crippen molar-refractivity contribution in [2.24, 2.45) is 0 Å². The number of carbonyl (C=O) groups excluding carboxylic acids is 1. The Balaban J connectivity index is 1.46. The molecule has 158 valence electrons. The second-order valence-corrected chi connectivity index (χ2v) is 7.06. The summed E-state index contributed by atoms with van der Waals surface area (Å²) in [5.74, 6) is 1.42. The first-order valence-electron chi connectivity index (χ1n) is 9.76. The van der Waals surface area contributed by atoms with E-state index in [1.54, 1.807) is 30.2 Å². The minimum atomic E-state index is -0.460. The summed E-state index contributed by atoms with van der Waals surface area (Å²) in [6, 6.07) is 13.1. The minimum absolute atomic E-state index is 0.00661. The van der Waals surface area contributed by atoms with Crippen LogP contribution >= 0.6 is 0 Å². The van der Waals surface area contributed by atoms with Gasteiger partial charge < -0.3 is 14.2 Å². The lowest BCUT2D eigenvalue weighted by atomic mass is 10.2. The van der Waals surface area contributed by atoms with Gasteiger partial charge in [-0.1, -0.05) is 5.16 Å². The molecule has 2 heterocycles. The summed E-state index contributed by atoms with van der Waals surface area (Å²) in [5.41, 5.74) is 1.51. The number of carbonyl (C=O) groups is 1. The van der Waals surface area contributed by atoms with E-state index in [0.717, 1.165) is 24.2 Å². The molecule has 1 unspecified atom stereocenters. The number of methoxy groups -OCH3 is 1. The Morgan fingerprint density at radius 3 is 2.65 bits per heavy atom. The highest BCUT2D eigenvalue weighted by Crippen LogP contribution is 2.32. The molecular formula is C22H20N4O5. The van der Waals surface area contributed by atoms with Crippen LogP contribution in [-0.4, -0.2) is 39.5 Å². The molecule has 1 aliphatic heterocycles. The SMILES string of the molecule is COc1ccc(-c2noc(C3CCCN3C(=O)C=Cc3ccc([N+](=O)[O-])cc3)n2)cc1. The van der Waals surface area contributed by atoms with Gasteiger partial charge in [0, 0.05) is 30.3 Å². The van der Waals surface area contributed by atoms with E-state index in [-0.39, 0.29) is 17.6 Å². The number of nitro groups is 1. The van der Waals surface area contributed by atoms with Crippen LogP contribution in [0.4, 0.5) is 5.69 Å². The molecule has 0 saturated carbocycles. The van der Waals surface area contributed by atoms with Crippen LogP contribution in [-0.2, 0) is 4.79 Å². The van der Waals surface area contributed by atoms with Gasteiger partial charge in [0.15, 0.2) is 0 Å². The number of hydrogen-bond donors (Lipinski definition) is 0. The molecule has 9 heteroatoms. The summed E-state index contributed by atoms with van der Waals surface area (Å²) in [6.45, 7) is 0.592. The van der Waals surface area contributed by atoms with E-state index >= 15 is 0 Å². The Kier molecular flexibility index (Phi) is 5.74. The molecule has 4 rings (SSSR count). The van der Waals surface area contributed by atoms with E-state index in [4.69, 9.17) is 9.26 Å². The molecular weight excluding hydrogens is 400 g/mol. The highest BCUT2D eigenvalue weighted by molar-refractivity contribution is 5.92. The monoisotopic (exact) mass is 420 g/mol. The van der Waals surface area contributed by atoms with Gasteiger partial charge in [-0.2, -0.15) is 4.98 Å². The molecule has 1 aliphatic rings. The van der Waals surface area contributed by atoms with Crippen molar-refractivity contribution < 1.29 is 19.0 Å². The number of amides is 1. The topological polar surface area (TPSA) is 112 Å². The van der Waals surface area contributed by atoms with Crippen LogP contribution in [0.15, 0.2) is 59.1 Å². The van der Waals surface area contributed by atoms with Crippen LogP contribution in [0.1, 0.15) is 30.3 Å². The Morgan fingerprint density at radius 1 is 1.23 bits per heavy atom. The molecule has 1 amide bonds. The van der Waals surface area contributed by atoms with Crippen LogP contribution < -0.4 is 4.74 Å². The maximum absolute atomic E-state index is 12.8. The van der Waals surface area contributed by atoms with E-state index in [1.807, 2.05) is 24.3 Å². The van der Waals surface area contributed by atoms with Gasteiger partial charge in [0.1, 0.15) is 11.8 Å². The van der Waals surface area contributed by atoms with Crippen molar-refractivity contribution in [3.63, 3.8) is 0 Å². The van der Waals surface area contributed by atoms with Gasteiger partial charge in [-0.15, -0.1) is 0 Å². The number of ether oxygens (including phenoxy) is 1. The Bertz CT molecular complexity index is 1110. The average Bonchev–Trinajstić information content (AvgIpc) is 3.47. The maximum atomic E-state index is 12.8. The molecule has 1 fully saturated rings. The largest absolute Gasteiger partial charge is 0.497 e. The first-order valence-corrected chi connectivity index (χ1v) is 9.76. The van der Waals surface area contributed by atoms with Crippen LogP contribution in [0.2, 0.25) is 0 Å². The van der Waals surface area contributed by atoms with Gasteiger partial charge in [0.05, 0.1) is 12.0 Å². The zero-order chi connectivity index (χ0) is 21.8. The summed E-state index contributed by atoms with van der Waals surface area (Å²) in [4.78, 5) is 29.2. The van der Waals surface area contributed by atoms with E-state index in [0.29, 0.717) is 23.8 Å². The minimum Gasteiger partial charge on any atom is -0.497 e. The maximum Gasteiger partial charge on any atom is 0.269 e. The standard InChI is InChI=1S/C22H20N4O5/c1-30-18-11-7-16(8-12-18)21-23-22(31-24-21)19-3-2-14-25(19)20(27)13-6-15-4-9-17(10-5-15)26(28)29/h4-13,19H,2-3,14H2,1H3. The second-order valence-electron chi connectivity index (χ2n) is 7.06. The first-order chi connectivity index (χ1) is 15.0. The fraction of sp³-hybridized carbons (Fsp3) is 0.227. The molecule has 0 spiro atoms. The van der Waals surface area contributed by atoms with E-state index in [1.165, 1.54) is 18.2 Å². The van der Waals surface area contributed by atoms with Gasteiger partial charge in [-0.05, 0) is 60.9 Å². The summed E-state index contributed by atoms with van der Waals surface area (Å²) >= 11 is 0. The zero-order valence-electron chi connectivity index (χ0n) is 16.8. The van der Waals surface area contributed by atoms with Crippen molar-refractivity contribution in [2.75, 3.05) is 13.7 Å². The Morgan fingerprint density at radius 2 is 1.97 bits per heavy atom. The van der Waals surface area contributed by atoms with Gasteiger partial charge in [0.25, 0.3) is 5.69 Å². The Hall–Kier alpha value is -4.01. The van der Waals surface area contributed by atoms with Gasteiger partial charge in [-0.3, -0.25) is 14.9 Å². The third-order valence-electron chi connectivity index (χ3n) is 5.13. The molecule has 0 N–H and O–H groups in total. The van der Waals surface area contributed by atoms with E-state index in [9.17, 15) is 14.9 Å². The third-order valence-corrected chi connectivity index (χ3v) is 5.13. The van der Waals surface area contributed by atoms with Crippen molar-refractivity contribution in [3.8, 4) is 17.1 Å². The van der Waals surface area contributed by atoms with Gasteiger partial charge in [-0.25, -0.2) is 0 Å². The van der Waals surface area contributed by atoms with Crippen molar-refractivity contribution in [1.82, 2.24) is 15.0 Å². The highest BCUT2D eigenvalue weighted by atomic mass is 16.6. The number of nitrogens with zero attached hydrogens (tertiary/aromatic N) is 4. The lowest BCUT2D eigenvalue weighted by molar-refractivity contribution is -0.384. The van der Waals surface area contributed by atoms with Crippen molar-refractivity contribution >= 4 is 17.7 Å². The average molecular weight is 420 g/mol. The lowest BCUT2D eigenvalue weighted by Crippen LogP contribution is -2.29. The Labute approximate surface area is 178 Å². The fourth-order valence-electron chi connectivity index (χ4n) is 3.49. The molecule has 9 nitrogen and oxygen atoms in total. The second kappa shape index (κ2) is 8.78. The number of aromatic nitrogens is 2. The summed E-state index contributed by atoms with van der Waals surface area (Å²) in [7, 11) is 1.60. The highest BCUT2D eigenvalue weighted by Gasteiger charge is 2.33. The number of hydrogen-bond acceptors (Lipinski definition) is 7. The lowest BCUT2D eigenvalue weighted by Gasteiger charge is -2.20. The van der Waals surface area contributed by atoms with Crippen LogP contribution in [0.25, 0.3) is 17.5 Å². The fourth-order valence-corrected chi connectivity index (χ4v) is 3.49. The zero-order valence-corrected chi connectivity index (χ0v) is 16.8. The summed E-state index contributed by atoms with van der Waals surface area (Å²) in [6.07, 6.45) is 4.67. The molecule has 3 aromatic rings. The predicted octanol–water partition coefficient (Wildman–Crippen LogP) is 4.03. The summed E-state index contributed by atoms with van der Waals surface area (Å²) in [5, 5.41) is 14.8. The van der Waals surface area contributed by atoms with Crippen LogP contribution in [0.5, 0.6) is 5.75 Å². The first kappa shape index (κ1) is 20.3. The third kappa shape index (κ3) is 4.45. The van der Waals surface area contributed by atoms with Crippen molar-refractivity contribution in [1.29, 1.82) is 0 Å². The van der Waals surface area contributed by atoms with Gasteiger partial charge >= 0.3 is 0 Å².